The fourth-order valence-electron chi connectivity index (χ4n) is 15.3. The zero-order valence-electron chi connectivity index (χ0n) is 52.6. The van der Waals surface area contributed by atoms with Gasteiger partial charge < -0.3 is 0 Å². The maximum Gasteiger partial charge on any atom is 0.0725 e. The van der Waals surface area contributed by atoms with Crippen LogP contribution in [0.15, 0.2) is 322 Å². The molecule has 0 radical (unpaired) electrons. The first kappa shape index (κ1) is 57.4. The fourth-order valence-corrected chi connectivity index (χ4v) is 15.3. The van der Waals surface area contributed by atoms with Crippen molar-refractivity contribution in [2.45, 2.75) is 64.7 Å². The SMILES string of the molecule is Cc1ccc2c(c1)C(C)(C)c1ccccc1-2.Cc1ccc2c(c1)C(c1ccccc1)(c1ccccc1)c1ccccc1-2.Cc1ccc2c(c1)C1(c3ccccc3-c3ccccc31)c1ccccc1-2.Cc1ccc2ccccc2c1.Cc1cccc2ccccc12. The summed E-state index contributed by atoms with van der Waals surface area (Å²) in [6.45, 7) is 15.4. The maximum atomic E-state index is 2.40. The lowest BCUT2D eigenvalue weighted by Gasteiger charge is -2.34. The molecule has 0 bridgehead atoms. The Labute approximate surface area is 532 Å². The van der Waals surface area contributed by atoms with Crippen LogP contribution < -0.4 is 0 Å². The van der Waals surface area contributed by atoms with E-state index < -0.39 is 0 Å². The third-order valence-electron chi connectivity index (χ3n) is 19.4. The van der Waals surface area contributed by atoms with E-state index in [1.54, 1.807) is 0 Å². The fraction of sp³-hybridized carbons (Fsp3) is 0.111. The summed E-state index contributed by atoms with van der Waals surface area (Å²) < 4.78 is 0. The average molecular weight is 1160 g/mol. The molecule has 1 spiro atoms. The Bertz CT molecular complexity index is 4760. The van der Waals surface area contributed by atoms with Gasteiger partial charge in [-0.15, -0.1) is 0 Å². The van der Waals surface area contributed by atoms with E-state index in [-0.39, 0.29) is 16.2 Å². The molecule has 0 aromatic heterocycles. The van der Waals surface area contributed by atoms with Crippen LogP contribution in [0.4, 0.5) is 0 Å². The smallest absolute Gasteiger partial charge is 0.0622 e. The van der Waals surface area contributed by atoms with Crippen LogP contribution in [0.2, 0.25) is 0 Å². The Balaban J connectivity index is 0.000000103. The number of aryl methyl sites for hydroxylation is 5. The van der Waals surface area contributed by atoms with Gasteiger partial charge in [-0.2, -0.15) is 0 Å². The van der Waals surface area contributed by atoms with Gasteiger partial charge >= 0.3 is 0 Å². The highest BCUT2D eigenvalue weighted by Crippen LogP contribution is 2.63. The predicted molar refractivity (Wildman–Crippen MR) is 382 cm³/mol. The van der Waals surface area contributed by atoms with Gasteiger partial charge in [0.05, 0.1) is 10.8 Å². The van der Waals surface area contributed by atoms with Gasteiger partial charge in [-0.1, -0.05) is 358 Å². The maximum absolute atomic E-state index is 2.40. The van der Waals surface area contributed by atoms with E-state index in [1.807, 2.05) is 0 Å². The standard InChI is InChI=1S/C26H18.C26H20.C16H16.2C11H10/c1-17-14-15-21-20-10-4-7-13-24(20)26(25(21)16-17)22-11-5-2-8-18(22)19-9-3-6-12-23(19)26;1-19-16-17-23-22-14-8-9-15-24(22)26(25(23)18-19,20-10-4-2-5-11-20)21-12-6-3-7-13-21;1-11-8-9-13-12-6-4-5-7-14(12)16(2,3)15(13)10-11;1-9-5-4-7-10-6-2-3-8-11(9)10;1-9-6-7-10-4-2-3-5-11(10)8-9/h2-16H,1H3;2-18H,1H3;4-10H,1-3H3;2*2-8H,1H3. The van der Waals surface area contributed by atoms with Crippen molar-refractivity contribution in [3.63, 3.8) is 0 Å². The van der Waals surface area contributed by atoms with Crippen LogP contribution in [0.1, 0.15) is 97.3 Å². The Hall–Kier alpha value is -10.4. The minimum absolute atomic E-state index is 0.151. The second-order valence-corrected chi connectivity index (χ2v) is 25.4. The Morgan fingerprint density at radius 1 is 0.200 bits per heavy atom. The van der Waals surface area contributed by atoms with Gasteiger partial charge in [-0.25, -0.2) is 0 Å². The van der Waals surface area contributed by atoms with Gasteiger partial charge in [-0.05, 0) is 162 Å². The van der Waals surface area contributed by atoms with Crippen LogP contribution in [0.5, 0.6) is 0 Å². The molecular formula is C90H74. The Morgan fingerprint density at radius 3 is 1.01 bits per heavy atom. The molecule has 0 nitrogen and oxygen atoms in total. The summed E-state index contributed by atoms with van der Waals surface area (Å²) in [5.41, 5.74) is 31.3. The number of hydrogen-bond acceptors (Lipinski definition) is 0. The molecule has 0 N–H and O–H groups in total. The van der Waals surface area contributed by atoms with Crippen molar-refractivity contribution in [1.29, 1.82) is 0 Å². The molecule has 0 unspecified atom stereocenters. The first-order valence-corrected chi connectivity index (χ1v) is 31.8. The molecule has 0 heteroatoms. The first-order valence-electron chi connectivity index (χ1n) is 31.8. The van der Waals surface area contributed by atoms with E-state index in [9.17, 15) is 0 Å². The Morgan fingerprint density at radius 2 is 0.522 bits per heavy atom. The number of rotatable bonds is 2. The molecule has 0 amide bonds. The average Bonchev–Trinajstić information content (AvgIpc) is 1.52. The van der Waals surface area contributed by atoms with E-state index in [1.165, 1.54) is 150 Å². The molecule has 14 aromatic rings. The van der Waals surface area contributed by atoms with E-state index in [0.717, 1.165) is 0 Å². The van der Waals surface area contributed by atoms with Crippen LogP contribution in [0.25, 0.3) is 66.1 Å². The van der Waals surface area contributed by atoms with E-state index >= 15 is 0 Å². The summed E-state index contributed by atoms with van der Waals surface area (Å²) in [5.74, 6) is 0. The minimum Gasteiger partial charge on any atom is -0.0622 e. The summed E-state index contributed by atoms with van der Waals surface area (Å²) in [5, 5.41) is 5.33. The lowest BCUT2D eigenvalue weighted by atomic mass is 9.67. The summed E-state index contributed by atoms with van der Waals surface area (Å²) >= 11 is 0. The number of fused-ring (bicyclic) bond motifs is 18. The number of hydrogen-bond donors (Lipinski definition) is 0. The van der Waals surface area contributed by atoms with Crippen molar-refractivity contribution >= 4 is 21.5 Å². The second kappa shape index (κ2) is 23.6. The van der Waals surface area contributed by atoms with Crippen LogP contribution in [-0.2, 0) is 16.2 Å². The van der Waals surface area contributed by atoms with Crippen LogP contribution in [0, 0.1) is 34.6 Å². The highest BCUT2D eigenvalue weighted by molar-refractivity contribution is 5.95. The van der Waals surface area contributed by atoms with E-state index in [0.29, 0.717) is 0 Å². The van der Waals surface area contributed by atoms with Crippen molar-refractivity contribution < 1.29 is 0 Å². The molecule has 0 saturated carbocycles. The molecule has 0 heterocycles. The van der Waals surface area contributed by atoms with E-state index in [2.05, 4.69) is 370 Å². The number of benzene rings is 14. The van der Waals surface area contributed by atoms with Gasteiger partial charge in [0.25, 0.3) is 0 Å². The molecule has 0 atom stereocenters. The monoisotopic (exact) mass is 1150 g/mol. The largest absolute Gasteiger partial charge is 0.0725 e. The van der Waals surface area contributed by atoms with E-state index in [4.69, 9.17) is 0 Å². The molecular weight excluding hydrogens is 1080 g/mol. The quantitative estimate of drug-likeness (QED) is 0.162. The zero-order valence-corrected chi connectivity index (χ0v) is 52.6. The lowest BCUT2D eigenvalue weighted by Crippen LogP contribution is -2.28. The van der Waals surface area contributed by atoms with Gasteiger partial charge in [0.1, 0.15) is 0 Å². The van der Waals surface area contributed by atoms with Crippen molar-refractivity contribution in [1.82, 2.24) is 0 Å². The predicted octanol–water partition coefficient (Wildman–Crippen LogP) is 23.3. The normalized spacial score (nSPS) is 13.5. The Kier molecular flexibility index (Phi) is 15.0. The first-order chi connectivity index (χ1) is 44.0. The molecule has 18 rings (SSSR count). The van der Waals surface area contributed by atoms with Crippen LogP contribution in [-0.4, -0.2) is 0 Å². The summed E-state index contributed by atoms with van der Waals surface area (Å²) in [6.07, 6.45) is 0. The molecule has 14 aromatic carbocycles. The lowest BCUT2D eigenvalue weighted by molar-refractivity contribution is 0.660. The summed E-state index contributed by atoms with van der Waals surface area (Å²) in [6, 6.07) is 117. The third-order valence-corrected chi connectivity index (χ3v) is 19.4. The van der Waals surface area contributed by atoms with Crippen LogP contribution in [0.3, 0.4) is 0 Å². The highest BCUT2D eigenvalue weighted by Gasteiger charge is 2.51. The van der Waals surface area contributed by atoms with Gasteiger partial charge in [0, 0.05) is 5.41 Å². The highest BCUT2D eigenvalue weighted by atomic mass is 14.5. The van der Waals surface area contributed by atoms with Gasteiger partial charge in [-0.3, -0.25) is 0 Å². The van der Waals surface area contributed by atoms with Crippen molar-refractivity contribution in [3.8, 4) is 44.5 Å². The zero-order chi connectivity index (χ0) is 61.6. The second-order valence-electron chi connectivity index (χ2n) is 25.4. The topological polar surface area (TPSA) is 0 Å². The van der Waals surface area contributed by atoms with Gasteiger partial charge in [0.15, 0.2) is 0 Å². The van der Waals surface area contributed by atoms with Crippen LogP contribution >= 0.6 is 0 Å². The van der Waals surface area contributed by atoms with Gasteiger partial charge in [0.2, 0.25) is 0 Å². The minimum atomic E-state index is -0.263. The van der Waals surface area contributed by atoms with Crippen molar-refractivity contribution in [3.05, 3.63) is 405 Å². The molecule has 434 valence electrons. The molecule has 4 aliphatic rings. The van der Waals surface area contributed by atoms with Crippen molar-refractivity contribution in [2.24, 2.45) is 0 Å². The summed E-state index contributed by atoms with van der Waals surface area (Å²) in [7, 11) is 0. The molecule has 4 aliphatic carbocycles. The molecule has 90 heavy (non-hydrogen) atoms. The van der Waals surface area contributed by atoms with Crippen molar-refractivity contribution in [2.75, 3.05) is 0 Å². The third kappa shape index (κ3) is 9.71. The molecule has 0 fully saturated rings. The molecule has 0 saturated heterocycles. The summed E-state index contributed by atoms with van der Waals surface area (Å²) in [4.78, 5) is 0. The molecule has 0 aliphatic heterocycles.